The van der Waals surface area contributed by atoms with Crippen LogP contribution >= 0.6 is 0 Å². The lowest BCUT2D eigenvalue weighted by molar-refractivity contribution is -0.0829. The number of rotatable bonds is 4. The summed E-state index contributed by atoms with van der Waals surface area (Å²) in [5.74, 6) is 6.10. The van der Waals surface area contributed by atoms with Gasteiger partial charge in [-0.25, -0.2) is 19.2 Å². The van der Waals surface area contributed by atoms with Crippen LogP contribution in [0.2, 0.25) is 0 Å². The summed E-state index contributed by atoms with van der Waals surface area (Å²) < 4.78 is 14.7. The van der Waals surface area contributed by atoms with Crippen LogP contribution in [0.4, 0.5) is 26.5 Å². The zero-order chi connectivity index (χ0) is 28.2. The molecule has 1 saturated heterocycles. The van der Waals surface area contributed by atoms with Crippen LogP contribution in [-0.2, 0) is 17.8 Å². The average molecular weight is 549 g/mol. The molecule has 3 aromatic carbocycles. The Morgan fingerprint density at radius 1 is 1.00 bits per heavy atom. The van der Waals surface area contributed by atoms with E-state index >= 15 is 0 Å². The second-order valence-electron chi connectivity index (χ2n) is 10.1. The number of hydroxylamine groups is 2. The summed E-state index contributed by atoms with van der Waals surface area (Å²) in [5, 5.41) is 7.29. The monoisotopic (exact) mass is 548 g/mol. The molecule has 6 rings (SSSR count). The third-order valence-corrected chi connectivity index (χ3v) is 7.14. The van der Waals surface area contributed by atoms with Crippen LogP contribution < -0.4 is 10.6 Å². The number of carbonyl (C=O) groups excluding carboxylic acids is 1. The van der Waals surface area contributed by atoms with Crippen molar-refractivity contribution in [3.63, 3.8) is 0 Å². The summed E-state index contributed by atoms with van der Waals surface area (Å²) in [5.41, 5.74) is 5.46. The first kappa shape index (κ1) is 26.4. The van der Waals surface area contributed by atoms with Gasteiger partial charge in [0.05, 0.1) is 23.9 Å². The maximum absolute atomic E-state index is 14.7. The van der Waals surface area contributed by atoms with E-state index in [0.29, 0.717) is 35.1 Å². The summed E-state index contributed by atoms with van der Waals surface area (Å²) in [6.07, 6.45) is 4.75. The Morgan fingerprint density at radius 3 is 2.63 bits per heavy atom. The molecule has 2 amide bonds. The maximum Gasteiger partial charge on any atom is 0.346 e. The van der Waals surface area contributed by atoms with Gasteiger partial charge in [0.2, 0.25) is 5.95 Å². The SMILES string of the molecule is CN1CCc2cc(F)c(Nc3ncc(C#Cc4cccc(NC(=O)N5OCC[C@H]5c5ccccc5)c4)cn3)cc2C1. The van der Waals surface area contributed by atoms with Crippen molar-refractivity contribution in [1.29, 1.82) is 0 Å². The summed E-state index contributed by atoms with van der Waals surface area (Å²) in [6, 6.07) is 20.1. The minimum atomic E-state index is -0.333. The lowest BCUT2D eigenvalue weighted by Gasteiger charge is -2.25. The number of fused-ring (bicyclic) bond motifs is 1. The fraction of sp³-hybridized carbons (Fsp3) is 0.219. The Morgan fingerprint density at radius 2 is 1.80 bits per heavy atom. The second kappa shape index (κ2) is 11.8. The molecule has 1 fully saturated rings. The third-order valence-electron chi connectivity index (χ3n) is 7.14. The van der Waals surface area contributed by atoms with Crippen molar-refractivity contribution in [2.45, 2.75) is 25.4 Å². The standard InChI is InChI=1S/C32H29FN6O2/c1-38-14-12-25-17-28(33)29(18-26(25)21-38)37-31-34-19-23(20-35-31)11-10-22-6-5-9-27(16-22)36-32(40)39-30(13-15-41-39)24-7-3-2-4-8-24/h2-9,16-20,30H,12-15,21H2,1H3,(H,36,40)(H,34,35,37)/t30-/m0/s1. The first-order valence-corrected chi connectivity index (χ1v) is 13.5. The fourth-order valence-corrected chi connectivity index (χ4v) is 5.04. The van der Waals surface area contributed by atoms with Gasteiger partial charge in [0.1, 0.15) is 5.82 Å². The number of nitrogens with one attached hydrogen (secondary N) is 2. The first-order chi connectivity index (χ1) is 20.0. The Balaban J connectivity index is 1.10. The predicted molar refractivity (Wildman–Crippen MR) is 155 cm³/mol. The quantitative estimate of drug-likeness (QED) is 0.321. The molecule has 0 unspecified atom stereocenters. The zero-order valence-electron chi connectivity index (χ0n) is 22.6. The maximum atomic E-state index is 14.7. The number of amides is 2. The predicted octanol–water partition coefficient (Wildman–Crippen LogP) is 5.66. The number of hydrogen-bond donors (Lipinski definition) is 2. The van der Waals surface area contributed by atoms with Gasteiger partial charge in [-0.1, -0.05) is 48.2 Å². The van der Waals surface area contributed by atoms with E-state index in [9.17, 15) is 9.18 Å². The topological polar surface area (TPSA) is 82.6 Å². The number of urea groups is 1. The second-order valence-corrected chi connectivity index (χ2v) is 10.1. The molecule has 1 atom stereocenters. The van der Waals surface area contributed by atoms with Gasteiger partial charge in [-0.2, -0.15) is 5.06 Å². The molecule has 0 aliphatic carbocycles. The number of anilines is 3. The Bertz CT molecular complexity index is 1620. The van der Waals surface area contributed by atoms with E-state index in [-0.39, 0.29) is 17.9 Å². The van der Waals surface area contributed by atoms with Crippen LogP contribution in [0.5, 0.6) is 0 Å². The minimum absolute atomic E-state index is 0.137. The molecule has 2 aliphatic rings. The van der Waals surface area contributed by atoms with Crippen LogP contribution in [-0.4, -0.2) is 46.2 Å². The van der Waals surface area contributed by atoms with Crippen LogP contribution in [0.1, 0.15) is 40.3 Å². The Hall–Kier alpha value is -4.78. The molecule has 8 nitrogen and oxygen atoms in total. The van der Waals surface area contributed by atoms with E-state index < -0.39 is 0 Å². The number of aromatic nitrogens is 2. The molecular weight excluding hydrogens is 519 g/mol. The molecular formula is C32H29FN6O2. The van der Waals surface area contributed by atoms with E-state index in [0.717, 1.165) is 42.6 Å². The molecule has 0 bridgehead atoms. The van der Waals surface area contributed by atoms with Gasteiger partial charge in [0, 0.05) is 43.2 Å². The highest BCUT2D eigenvalue weighted by atomic mass is 19.1. The van der Waals surface area contributed by atoms with E-state index in [1.54, 1.807) is 30.6 Å². The normalized spacial score (nSPS) is 16.4. The summed E-state index contributed by atoms with van der Waals surface area (Å²) >= 11 is 0. The van der Waals surface area contributed by atoms with Gasteiger partial charge >= 0.3 is 6.03 Å². The third kappa shape index (κ3) is 6.19. The highest BCUT2D eigenvalue weighted by Crippen LogP contribution is 2.31. The van der Waals surface area contributed by atoms with Crippen molar-refractivity contribution in [3.05, 3.63) is 113 Å². The fourth-order valence-electron chi connectivity index (χ4n) is 5.04. The molecule has 0 radical (unpaired) electrons. The van der Waals surface area contributed by atoms with Crippen molar-refractivity contribution in [1.82, 2.24) is 19.9 Å². The van der Waals surface area contributed by atoms with Gasteiger partial charge in [-0.15, -0.1) is 0 Å². The largest absolute Gasteiger partial charge is 0.346 e. The molecule has 1 aromatic heterocycles. The molecule has 9 heteroatoms. The van der Waals surface area contributed by atoms with Crippen molar-refractivity contribution >= 4 is 23.4 Å². The molecule has 0 spiro atoms. The van der Waals surface area contributed by atoms with E-state index in [4.69, 9.17) is 4.84 Å². The first-order valence-electron chi connectivity index (χ1n) is 13.5. The van der Waals surface area contributed by atoms with Gasteiger partial charge in [0.15, 0.2) is 0 Å². The molecule has 41 heavy (non-hydrogen) atoms. The van der Waals surface area contributed by atoms with Crippen molar-refractivity contribution < 1.29 is 14.0 Å². The van der Waals surface area contributed by atoms with Crippen LogP contribution in [0.25, 0.3) is 0 Å². The molecule has 3 heterocycles. The molecule has 2 N–H and O–H groups in total. The van der Waals surface area contributed by atoms with Gasteiger partial charge < -0.3 is 15.5 Å². The zero-order valence-corrected chi connectivity index (χ0v) is 22.6. The van der Waals surface area contributed by atoms with E-state index in [1.807, 2.05) is 48.5 Å². The number of benzene rings is 3. The van der Waals surface area contributed by atoms with Crippen molar-refractivity contribution in [2.75, 3.05) is 30.8 Å². The lowest BCUT2D eigenvalue weighted by atomic mass is 9.99. The number of nitrogens with zero attached hydrogens (tertiary/aromatic N) is 4. The summed E-state index contributed by atoms with van der Waals surface area (Å²) in [6.45, 7) is 2.19. The van der Waals surface area contributed by atoms with E-state index in [1.165, 1.54) is 5.06 Å². The van der Waals surface area contributed by atoms with Gasteiger partial charge in [-0.3, -0.25) is 4.84 Å². The summed E-state index contributed by atoms with van der Waals surface area (Å²) in [4.78, 5) is 29.4. The van der Waals surface area contributed by atoms with E-state index in [2.05, 4.69) is 44.4 Å². The molecule has 0 saturated carbocycles. The minimum Gasteiger partial charge on any atom is -0.322 e. The molecule has 4 aromatic rings. The number of halogens is 1. The Kier molecular flexibility index (Phi) is 7.58. The highest BCUT2D eigenvalue weighted by Gasteiger charge is 2.31. The smallest absolute Gasteiger partial charge is 0.322 e. The van der Waals surface area contributed by atoms with Crippen molar-refractivity contribution in [2.24, 2.45) is 0 Å². The highest BCUT2D eigenvalue weighted by molar-refractivity contribution is 5.89. The number of carbonyl (C=O) groups is 1. The van der Waals surface area contributed by atoms with Gasteiger partial charge in [0.25, 0.3) is 0 Å². The van der Waals surface area contributed by atoms with Crippen LogP contribution in [0.3, 0.4) is 0 Å². The van der Waals surface area contributed by atoms with Gasteiger partial charge in [-0.05, 0) is 60.5 Å². The number of likely N-dealkylation sites (N-methyl/N-ethyl adjacent to an activating group) is 1. The molecule has 2 aliphatic heterocycles. The average Bonchev–Trinajstić information content (AvgIpc) is 3.49. The van der Waals surface area contributed by atoms with Crippen molar-refractivity contribution in [3.8, 4) is 11.8 Å². The number of hydrogen-bond acceptors (Lipinski definition) is 6. The van der Waals surface area contributed by atoms with Crippen LogP contribution in [0, 0.1) is 17.7 Å². The Labute approximate surface area is 238 Å². The lowest BCUT2D eigenvalue weighted by Crippen LogP contribution is -2.33. The summed E-state index contributed by atoms with van der Waals surface area (Å²) in [7, 11) is 2.05. The molecule has 206 valence electrons. The van der Waals surface area contributed by atoms with Crippen LogP contribution in [0.15, 0.2) is 79.1 Å².